The van der Waals surface area contributed by atoms with Gasteiger partial charge >= 0.3 is 0 Å². The highest BCUT2D eigenvalue weighted by Gasteiger charge is 2.31. The highest BCUT2D eigenvalue weighted by Crippen LogP contribution is 2.30. The Bertz CT molecular complexity index is 276. The topological polar surface area (TPSA) is 35.6 Å². The molecule has 1 saturated carbocycles. The van der Waals surface area contributed by atoms with Crippen molar-refractivity contribution in [2.24, 2.45) is 11.8 Å². The third-order valence-corrected chi connectivity index (χ3v) is 4.31. The molecule has 1 amide bonds. The molecule has 2 heterocycles. The summed E-state index contributed by atoms with van der Waals surface area (Å²) in [5, 5.41) is 3.28. The predicted molar refractivity (Wildman–Crippen MR) is 66.7 cm³/mol. The molecule has 0 spiro atoms. The summed E-state index contributed by atoms with van der Waals surface area (Å²) in [5.41, 5.74) is 0. The standard InChI is InChI=1S/C13H23N3O/c17-13(12-3-4-14-9-12)16-7-5-15(6-8-16)10-11-1-2-11/h11-12,14H,1-10H2. The zero-order valence-corrected chi connectivity index (χ0v) is 10.5. The van der Waals surface area contributed by atoms with Crippen LogP contribution < -0.4 is 5.32 Å². The molecule has 1 N–H and O–H groups in total. The molecule has 96 valence electrons. The number of hydrogen-bond acceptors (Lipinski definition) is 3. The summed E-state index contributed by atoms with van der Waals surface area (Å²) in [6.07, 6.45) is 3.88. The van der Waals surface area contributed by atoms with Crippen LogP contribution in [0.3, 0.4) is 0 Å². The van der Waals surface area contributed by atoms with Gasteiger partial charge in [0.15, 0.2) is 0 Å². The number of piperazine rings is 1. The van der Waals surface area contributed by atoms with Crippen LogP contribution in [0.4, 0.5) is 0 Å². The molecule has 3 rings (SSSR count). The minimum Gasteiger partial charge on any atom is -0.340 e. The van der Waals surface area contributed by atoms with Gasteiger partial charge in [0.1, 0.15) is 0 Å². The first-order valence-electron chi connectivity index (χ1n) is 7.05. The lowest BCUT2D eigenvalue weighted by atomic mass is 10.1. The van der Waals surface area contributed by atoms with Crippen molar-refractivity contribution < 1.29 is 4.79 Å². The third-order valence-electron chi connectivity index (χ3n) is 4.31. The fourth-order valence-corrected chi connectivity index (χ4v) is 2.94. The summed E-state index contributed by atoms with van der Waals surface area (Å²) in [5.74, 6) is 1.61. The Morgan fingerprint density at radius 1 is 1.12 bits per heavy atom. The number of nitrogens with one attached hydrogen (secondary N) is 1. The Morgan fingerprint density at radius 2 is 1.88 bits per heavy atom. The van der Waals surface area contributed by atoms with Crippen molar-refractivity contribution in [1.29, 1.82) is 0 Å². The third kappa shape index (κ3) is 2.80. The van der Waals surface area contributed by atoms with Crippen LogP contribution in [0.5, 0.6) is 0 Å². The number of hydrogen-bond donors (Lipinski definition) is 1. The first kappa shape index (κ1) is 11.5. The van der Waals surface area contributed by atoms with Crippen molar-refractivity contribution in [3.63, 3.8) is 0 Å². The lowest BCUT2D eigenvalue weighted by Crippen LogP contribution is -2.50. The summed E-state index contributed by atoms with van der Waals surface area (Å²) in [4.78, 5) is 16.8. The molecule has 1 unspecified atom stereocenters. The average Bonchev–Trinajstić information content (AvgIpc) is 3.00. The van der Waals surface area contributed by atoms with Crippen LogP contribution in [-0.4, -0.2) is 61.5 Å². The Kier molecular flexibility index (Phi) is 3.34. The Morgan fingerprint density at radius 3 is 2.47 bits per heavy atom. The molecule has 1 aliphatic carbocycles. The molecule has 3 fully saturated rings. The van der Waals surface area contributed by atoms with Crippen LogP contribution >= 0.6 is 0 Å². The van der Waals surface area contributed by atoms with Crippen molar-refractivity contribution in [1.82, 2.24) is 15.1 Å². The predicted octanol–water partition coefficient (Wildman–Crippen LogP) is 0.150. The largest absolute Gasteiger partial charge is 0.340 e. The van der Waals surface area contributed by atoms with Crippen LogP contribution in [-0.2, 0) is 4.79 Å². The Hall–Kier alpha value is -0.610. The molecular formula is C13H23N3O. The van der Waals surface area contributed by atoms with Crippen LogP contribution in [0.15, 0.2) is 0 Å². The van der Waals surface area contributed by atoms with E-state index in [0.717, 1.165) is 51.6 Å². The number of carbonyl (C=O) groups excluding carboxylic acids is 1. The quantitative estimate of drug-likeness (QED) is 0.759. The lowest BCUT2D eigenvalue weighted by molar-refractivity contribution is -0.136. The van der Waals surface area contributed by atoms with Gasteiger partial charge in [-0.25, -0.2) is 0 Å². The van der Waals surface area contributed by atoms with Gasteiger partial charge in [-0.1, -0.05) is 0 Å². The van der Waals surface area contributed by atoms with Crippen LogP contribution in [0, 0.1) is 11.8 Å². The minimum absolute atomic E-state index is 0.255. The summed E-state index contributed by atoms with van der Waals surface area (Å²) in [6, 6.07) is 0. The van der Waals surface area contributed by atoms with Gasteiger partial charge in [0.2, 0.25) is 5.91 Å². The van der Waals surface area contributed by atoms with Gasteiger partial charge in [0.05, 0.1) is 5.92 Å². The first-order chi connectivity index (χ1) is 8.33. The van der Waals surface area contributed by atoms with Gasteiger partial charge < -0.3 is 10.2 Å². The fraction of sp³-hybridized carbons (Fsp3) is 0.923. The van der Waals surface area contributed by atoms with Crippen molar-refractivity contribution in [3.8, 4) is 0 Å². The van der Waals surface area contributed by atoms with Crippen LogP contribution in [0.25, 0.3) is 0 Å². The van der Waals surface area contributed by atoms with Crippen molar-refractivity contribution >= 4 is 5.91 Å². The second-order valence-corrected chi connectivity index (χ2v) is 5.76. The molecule has 0 aromatic rings. The monoisotopic (exact) mass is 237 g/mol. The molecule has 2 aliphatic heterocycles. The smallest absolute Gasteiger partial charge is 0.227 e. The molecule has 17 heavy (non-hydrogen) atoms. The second-order valence-electron chi connectivity index (χ2n) is 5.76. The number of nitrogens with zero attached hydrogens (tertiary/aromatic N) is 2. The minimum atomic E-state index is 0.255. The summed E-state index contributed by atoms with van der Waals surface area (Å²) < 4.78 is 0. The number of rotatable bonds is 3. The van der Waals surface area contributed by atoms with E-state index in [1.54, 1.807) is 0 Å². The molecule has 3 aliphatic rings. The van der Waals surface area contributed by atoms with Gasteiger partial charge in [0, 0.05) is 39.3 Å². The van der Waals surface area contributed by atoms with Gasteiger partial charge in [-0.3, -0.25) is 9.69 Å². The van der Waals surface area contributed by atoms with Crippen LogP contribution in [0.1, 0.15) is 19.3 Å². The summed E-state index contributed by atoms with van der Waals surface area (Å²) >= 11 is 0. The van der Waals surface area contributed by atoms with E-state index in [-0.39, 0.29) is 5.92 Å². The number of amides is 1. The number of carbonyl (C=O) groups is 1. The van der Waals surface area contributed by atoms with Crippen molar-refractivity contribution in [2.45, 2.75) is 19.3 Å². The van der Waals surface area contributed by atoms with E-state index in [0.29, 0.717) is 5.91 Å². The van der Waals surface area contributed by atoms with Gasteiger partial charge in [-0.05, 0) is 31.7 Å². The summed E-state index contributed by atoms with van der Waals surface area (Å²) in [6.45, 7) is 7.24. The average molecular weight is 237 g/mol. The van der Waals surface area contributed by atoms with E-state index in [4.69, 9.17) is 0 Å². The maximum absolute atomic E-state index is 12.2. The van der Waals surface area contributed by atoms with E-state index in [2.05, 4.69) is 15.1 Å². The van der Waals surface area contributed by atoms with Crippen molar-refractivity contribution in [3.05, 3.63) is 0 Å². The van der Waals surface area contributed by atoms with E-state index >= 15 is 0 Å². The SMILES string of the molecule is O=C(C1CCNC1)N1CCN(CC2CC2)CC1. The molecule has 4 nitrogen and oxygen atoms in total. The van der Waals surface area contributed by atoms with E-state index < -0.39 is 0 Å². The highest BCUT2D eigenvalue weighted by molar-refractivity contribution is 5.79. The maximum Gasteiger partial charge on any atom is 0.227 e. The lowest BCUT2D eigenvalue weighted by Gasteiger charge is -2.35. The second kappa shape index (κ2) is 4.94. The first-order valence-corrected chi connectivity index (χ1v) is 7.05. The molecule has 2 saturated heterocycles. The van der Waals surface area contributed by atoms with E-state index in [1.165, 1.54) is 19.4 Å². The molecular weight excluding hydrogens is 214 g/mol. The molecule has 0 bridgehead atoms. The van der Waals surface area contributed by atoms with Gasteiger partial charge in [-0.15, -0.1) is 0 Å². The Balaban J connectivity index is 1.44. The van der Waals surface area contributed by atoms with Gasteiger partial charge in [-0.2, -0.15) is 0 Å². The fourth-order valence-electron chi connectivity index (χ4n) is 2.94. The normalized spacial score (nSPS) is 30.8. The molecule has 1 atom stereocenters. The van der Waals surface area contributed by atoms with E-state index in [1.807, 2.05) is 0 Å². The zero-order chi connectivity index (χ0) is 11.7. The van der Waals surface area contributed by atoms with Crippen molar-refractivity contribution in [2.75, 3.05) is 45.8 Å². The maximum atomic E-state index is 12.2. The Labute approximate surface area is 103 Å². The molecule has 0 aromatic carbocycles. The van der Waals surface area contributed by atoms with Crippen LogP contribution in [0.2, 0.25) is 0 Å². The summed E-state index contributed by atoms with van der Waals surface area (Å²) in [7, 11) is 0. The molecule has 0 aromatic heterocycles. The van der Waals surface area contributed by atoms with Gasteiger partial charge in [0.25, 0.3) is 0 Å². The highest BCUT2D eigenvalue weighted by atomic mass is 16.2. The van der Waals surface area contributed by atoms with E-state index in [9.17, 15) is 4.79 Å². The molecule has 4 heteroatoms. The molecule has 0 radical (unpaired) electrons. The zero-order valence-electron chi connectivity index (χ0n) is 10.5.